The van der Waals surface area contributed by atoms with Gasteiger partial charge in [-0.2, -0.15) is 0 Å². The number of ether oxygens (including phenoxy) is 1. The van der Waals surface area contributed by atoms with E-state index in [9.17, 15) is 14.4 Å². The lowest BCUT2D eigenvalue weighted by atomic mass is 9.91. The van der Waals surface area contributed by atoms with Gasteiger partial charge in [0.15, 0.2) is 0 Å². The second-order valence-corrected chi connectivity index (χ2v) is 8.49. The zero-order chi connectivity index (χ0) is 21.8. The first-order valence-corrected chi connectivity index (χ1v) is 11.0. The Kier molecular flexibility index (Phi) is 6.11. The predicted octanol–water partition coefficient (Wildman–Crippen LogP) is 3.12. The molecule has 2 aliphatic rings. The van der Waals surface area contributed by atoms with Crippen LogP contribution in [0.15, 0.2) is 36.5 Å². The number of carbonyl (C=O) groups excluding carboxylic acids is 3. The van der Waals surface area contributed by atoms with Crippen molar-refractivity contribution >= 4 is 34.8 Å². The molecule has 1 unspecified atom stereocenters. The molecule has 1 aromatic carbocycles. The molecule has 31 heavy (non-hydrogen) atoms. The van der Waals surface area contributed by atoms with Crippen LogP contribution < -0.4 is 0 Å². The minimum Gasteiger partial charge on any atom is -0.463 e. The average molecular weight is 424 g/mol. The van der Waals surface area contributed by atoms with Crippen molar-refractivity contribution in [1.29, 1.82) is 0 Å². The number of fused-ring (bicyclic) bond motifs is 1. The van der Waals surface area contributed by atoms with Gasteiger partial charge in [-0.3, -0.25) is 14.4 Å². The summed E-state index contributed by atoms with van der Waals surface area (Å²) < 4.78 is 5.35. The lowest BCUT2D eigenvalue weighted by molar-refractivity contribution is -0.151. The third-order valence-electron chi connectivity index (χ3n) is 6.37. The Hall–Kier alpha value is -3.09. The predicted molar refractivity (Wildman–Crippen MR) is 118 cm³/mol. The number of nitrogens with one attached hydrogen (secondary N) is 1. The number of benzene rings is 1. The second kappa shape index (κ2) is 8.96. The number of likely N-dealkylation sites (tertiary alicyclic amines) is 2. The number of nitrogens with zero attached hydrogens (tertiary/aromatic N) is 2. The number of carbonyl (C=O) groups is 3. The van der Waals surface area contributed by atoms with E-state index in [2.05, 4.69) is 4.98 Å². The summed E-state index contributed by atoms with van der Waals surface area (Å²) in [7, 11) is 0. The lowest BCUT2D eigenvalue weighted by Crippen LogP contribution is -2.53. The first kappa shape index (κ1) is 21.2. The fourth-order valence-corrected chi connectivity index (χ4v) is 4.75. The molecule has 3 heterocycles. The molecule has 0 aliphatic carbocycles. The molecule has 2 amide bonds. The van der Waals surface area contributed by atoms with Gasteiger partial charge < -0.3 is 19.5 Å². The molecule has 1 N–H and O–H groups in total. The zero-order valence-corrected chi connectivity index (χ0v) is 17.9. The molecule has 2 aromatic rings. The molecule has 7 nitrogen and oxygen atoms in total. The van der Waals surface area contributed by atoms with Crippen LogP contribution in [-0.2, 0) is 19.1 Å². The van der Waals surface area contributed by atoms with Gasteiger partial charge in [-0.1, -0.05) is 18.2 Å². The number of aromatic nitrogens is 1. The lowest BCUT2D eigenvalue weighted by Gasteiger charge is -2.38. The van der Waals surface area contributed by atoms with E-state index in [0.717, 1.165) is 48.8 Å². The monoisotopic (exact) mass is 423 g/mol. The van der Waals surface area contributed by atoms with Gasteiger partial charge in [0.05, 0.1) is 12.0 Å². The maximum absolute atomic E-state index is 13.2. The van der Waals surface area contributed by atoms with Crippen molar-refractivity contribution in [3.63, 3.8) is 0 Å². The number of rotatable bonds is 6. The van der Waals surface area contributed by atoms with Crippen LogP contribution in [0.4, 0.5) is 0 Å². The highest BCUT2D eigenvalue weighted by Gasteiger charge is 2.46. The standard InChI is InChI=1S/C24H29N3O4/c1-18(28)31-17-24(15-23(30)26-12-4-5-13-26)11-6-14-27(24)22(29)10-9-19-16-25-21-8-3-2-7-20(19)21/h2-3,7-10,16,25H,4-6,11-15,17H2,1H3/b10-9+. The Labute approximate surface area is 182 Å². The van der Waals surface area contributed by atoms with Crippen LogP contribution in [0.5, 0.6) is 0 Å². The Balaban J connectivity index is 1.55. The molecule has 164 valence electrons. The summed E-state index contributed by atoms with van der Waals surface area (Å²) in [5.74, 6) is -0.532. The van der Waals surface area contributed by atoms with Crippen LogP contribution in [0.25, 0.3) is 17.0 Å². The second-order valence-electron chi connectivity index (χ2n) is 8.49. The van der Waals surface area contributed by atoms with Crippen molar-refractivity contribution in [2.24, 2.45) is 0 Å². The first-order chi connectivity index (χ1) is 15.0. The highest BCUT2D eigenvalue weighted by atomic mass is 16.5. The number of H-pyrrole nitrogens is 1. The Morgan fingerprint density at radius 2 is 1.90 bits per heavy atom. The summed E-state index contributed by atoms with van der Waals surface area (Å²) in [6.07, 6.45) is 8.88. The van der Waals surface area contributed by atoms with Crippen LogP contribution in [0.2, 0.25) is 0 Å². The van der Waals surface area contributed by atoms with E-state index in [1.807, 2.05) is 35.4 Å². The van der Waals surface area contributed by atoms with E-state index in [1.165, 1.54) is 6.92 Å². The molecule has 0 radical (unpaired) electrons. The third-order valence-corrected chi connectivity index (χ3v) is 6.37. The van der Waals surface area contributed by atoms with Gasteiger partial charge in [-0.15, -0.1) is 0 Å². The van der Waals surface area contributed by atoms with Crippen LogP contribution in [0.1, 0.15) is 44.6 Å². The number of esters is 1. The minimum atomic E-state index is -0.785. The molecular formula is C24H29N3O4. The molecule has 0 spiro atoms. The number of hydrogen-bond acceptors (Lipinski definition) is 4. The average Bonchev–Trinajstić information content (AvgIpc) is 3.50. The van der Waals surface area contributed by atoms with Gasteiger partial charge in [-0.25, -0.2) is 0 Å². The first-order valence-electron chi connectivity index (χ1n) is 11.0. The van der Waals surface area contributed by atoms with E-state index in [-0.39, 0.29) is 24.8 Å². The van der Waals surface area contributed by atoms with Crippen molar-refractivity contribution in [2.75, 3.05) is 26.2 Å². The van der Waals surface area contributed by atoms with Crippen molar-refractivity contribution < 1.29 is 19.1 Å². The fourth-order valence-electron chi connectivity index (χ4n) is 4.75. The summed E-state index contributed by atoms with van der Waals surface area (Å²) in [5.41, 5.74) is 1.16. The van der Waals surface area contributed by atoms with Gasteiger partial charge in [-0.05, 0) is 43.4 Å². The van der Waals surface area contributed by atoms with E-state index in [0.29, 0.717) is 13.0 Å². The number of amides is 2. The molecule has 0 bridgehead atoms. The van der Waals surface area contributed by atoms with Crippen LogP contribution >= 0.6 is 0 Å². The molecule has 4 rings (SSSR count). The number of aromatic amines is 1. The third kappa shape index (κ3) is 4.50. The van der Waals surface area contributed by atoms with Crippen LogP contribution in [-0.4, -0.2) is 64.3 Å². The van der Waals surface area contributed by atoms with E-state index < -0.39 is 11.5 Å². The van der Waals surface area contributed by atoms with Crippen molar-refractivity contribution in [3.05, 3.63) is 42.1 Å². The highest BCUT2D eigenvalue weighted by molar-refractivity contribution is 5.97. The Bertz CT molecular complexity index is 1010. The summed E-state index contributed by atoms with van der Waals surface area (Å²) in [6, 6.07) is 7.92. The maximum atomic E-state index is 13.2. The fraction of sp³-hybridized carbons (Fsp3) is 0.458. The smallest absolute Gasteiger partial charge is 0.302 e. The van der Waals surface area contributed by atoms with E-state index in [1.54, 1.807) is 17.1 Å². The van der Waals surface area contributed by atoms with Crippen LogP contribution in [0, 0.1) is 0 Å². The molecule has 2 aliphatic heterocycles. The molecule has 2 saturated heterocycles. The minimum absolute atomic E-state index is 0.0324. The van der Waals surface area contributed by atoms with Gasteiger partial charge >= 0.3 is 5.97 Å². The molecule has 1 aromatic heterocycles. The molecular weight excluding hydrogens is 394 g/mol. The Morgan fingerprint density at radius 1 is 1.13 bits per heavy atom. The number of para-hydroxylation sites is 1. The zero-order valence-electron chi connectivity index (χ0n) is 17.9. The number of hydrogen-bond donors (Lipinski definition) is 1. The van der Waals surface area contributed by atoms with Gasteiger partial charge in [0.1, 0.15) is 6.61 Å². The quantitative estimate of drug-likeness (QED) is 0.572. The summed E-state index contributed by atoms with van der Waals surface area (Å²) in [5, 5.41) is 1.04. The van der Waals surface area contributed by atoms with Gasteiger partial charge in [0, 0.05) is 49.7 Å². The molecule has 7 heteroatoms. The van der Waals surface area contributed by atoms with Crippen molar-refractivity contribution in [3.8, 4) is 0 Å². The van der Waals surface area contributed by atoms with Crippen molar-refractivity contribution in [2.45, 2.75) is 44.6 Å². The molecule has 1 atom stereocenters. The highest BCUT2D eigenvalue weighted by Crippen LogP contribution is 2.35. The van der Waals surface area contributed by atoms with E-state index in [4.69, 9.17) is 4.74 Å². The summed E-state index contributed by atoms with van der Waals surface area (Å²) >= 11 is 0. The van der Waals surface area contributed by atoms with Crippen LogP contribution in [0.3, 0.4) is 0 Å². The van der Waals surface area contributed by atoms with Crippen molar-refractivity contribution in [1.82, 2.24) is 14.8 Å². The SMILES string of the molecule is CC(=O)OCC1(CC(=O)N2CCCC2)CCCN1C(=O)/C=C/c1c[nH]c2ccccc12. The molecule has 2 fully saturated rings. The Morgan fingerprint density at radius 3 is 2.68 bits per heavy atom. The van der Waals surface area contributed by atoms with Gasteiger partial charge in [0.2, 0.25) is 11.8 Å². The molecule has 0 saturated carbocycles. The van der Waals surface area contributed by atoms with Gasteiger partial charge in [0.25, 0.3) is 0 Å². The largest absolute Gasteiger partial charge is 0.463 e. The van der Waals surface area contributed by atoms with E-state index >= 15 is 0 Å². The summed E-state index contributed by atoms with van der Waals surface area (Å²) in [6.45, 7) is 3.47. The maximum Gasteiger partial charge on any atom is 0.302 e. The normalized spacial score (nSPS) is 21.3. The summed E-state index contributed by atoms with van der Waals surface area (Å²) in [4.78, 5) is 44.5. The topological polar surface area (TPSA) is 82.7 Å².